The summed E-state index contributed by atoms with van der Waals surface area (Å²) in [5, 5.41) is 13.0. The van der Waals surface area contributed by atoms with Crippen LogP contribution >= 0.6 is 0 Å². The zero-order valence-electron chi connectivity index (χ0n) is 12.8. The molecule has 0 radical (unpaired) electrons. The zero-order valence-corrected chi connectivity index (χ0v) is 12.8. The molecule has 0 saturated heterocycles. The molecule has 2 N–H and O–H groups in total. The number of hydrogen-bond acceptors (Lipinski definition) is 2. The average Bonchev–Trinajstić information content (AvgIpc) is 3.04. The first kappa shape index (κ1) is 14.4. The zero-order chi connectivity index (χ0) is 14.3. The first-order valence-electron chi connectivity index (χ1n) is 8.52. The molecule has 0 aromatic carbocycles. The van der Waals surface area contributed by atoms with E-state index in [0.29, 0.717) is 18.5 Å². The number of fused-ring (bicyclic) bond motifs is 5. The summed E-state index contributed by atoms with van der Waals surface area (Å²) in [5.41, 5.74) is 0. The first-order valence-corrected chi connectivity index (χ1v) is 8.52. The quantitative estimate of drug-likeness (QED) is 0.785. The van der Waals surface area contributed by atoms with E-state index in [9.17, 15) is 9.90 Å². The molecule has 3 heteroatoms. The highest BCUT2D eigenvalue weighted by molar-refractivity contribution is 5.70. The van der Waals surface area contributed by atoms with Crippen molar-refractivity contribution in [2.24, 2.45) is 35.5 Å². The Balaban J connectivity index is 1.53. The average molecular weight is 279 g/mol. The molecule has 0 aromatic rings. The number of hydrogen-bond donors (Lipinski definition) is 2. The summed E-state index contributed by atoms with van der Waals surface area (Å²) in [5.74, 6) is 3.38. The summed E-state index contributed by atoms with van der Waals surface area (Å²) < 4.78 is 0. The fraction of sp³-hybridized carbons (Fsp3) is 0.941. The molecule has 3 rings (SSSR count). The fourth-order valence-corrected chi connectivity index (χ4v) is 5.44. The lowest BCUT2D eigenvalue weighted by atomic mass is 9.79. The van der Waals surface area contributed by atoms with E-state index < -0.39 is 5.97 Å². The summed E-state index contributed by atoms with van der Waals surface area (Å²) >= 11 is 0. The standard InChI is InChI=1S/C17H29NO2/c1-10(2)6-12(17(19)20)9-18-16-8-11-7-15(16)14-5-3-4-13(11)14/h10-16,18H,3-9H2,1-2H3,(H,19,20)/t11-,12-,13-,14+,15+,16-/m1/s1. The number of carbonyl (C=O) groups is 1. The lowest BCUT2D eigenvalue weighted by Gasteiger charge is -2.33. The number of nitrogens with one attached hydrogen (secondary N) is 1. The maximum Gasteiger partial charge on any atom is 0.307 e. The number of aliphatic carboxylic acids is 1. The molecule has 3 aliphatic carbocycles. The lowest BCUT2D eigenvalue weighted by molar-refractivity contribution is -0.142. The van der Waals surface area contributed by atoms with Gasteiger partial charge in [0.05, 0.1) is 5.92 Å². The Kier molecular flexibility index (Phi) is 4.07. The summed E-state index contributed by atoms with van der Waals surface area (Å²) in [6.45, 7) is 4.88. The molecule has 114 valence electrons. The third-order valence-electron chi connectivity index (χ3n) is 6.16. The molecule has 0 amide bonds. The van der Waals surface area contributed by atoms with Crippen molar-refractivity contribution in [2.45, 2.75) is 58.4 Å². The van der Waals surface area contributed by atoms with Crippen LogP contribution in [0.25, 0.3) is 0 Å². The van der Waals surface area contributed by atoms with Crippen LogP contribution in [0.3, 0.4) is 0 Å². The van der Waals surface area contributed by atoms with Gasteiger partial charge in [0.15, 0.2) is 0 Å². The van der Waals surface area contributed by atoms with E-state index in [1.54, 1.807) is 0 Å². The molecule has 0 aromatic heterocycles. The van der Waals surface area contributed by atoms with Gasteiger partial charge in [-0.3, -0.25) is 4.79 Å². The number of rotatable bonds is 6. The van der Waals surface area contributed by atoms with Crippen LogP contribution in [0.2, 0.25) is 0 Å². The molecule has 6 atom stereocenters. The molecule has 0 aliphatic heterocycles. The van der Waals surface area contributed by atoms with Crippen molar-refractivity contribution in [3.63, 3.8) is 0 Å². The maximum atomic E-state index is 11.3. The monoisotopic (exact) mass is 279 g/mol. The molecule has 3 nitrogen and oxygen atoms in total. The van der Waals surface area contributed by atoms with E-state index in [2.05, 4.69) is 19.2 Å². The second-order valence-electron chi connectivity index (χ2n) is 7.83. The van der Waals surface area contributed by atoms with E-state index in [1.165, 1.54) is 32.1 Å². The molecule has 0 unspecified atom stereocenters. The number of carboxylic acids is 1. The highest BCUT2D eigenvalue weighted by atomic mass is 16.4. The predicted octanol–water partition coefficient (Wildman–Crippen LogP) is 3.15. The van der Waals surface area contributed by atoms with E-state index in [0.717, 1.165) is 30.1 Å². The smallest absolute Gasteiger partial charge is 0.307 e. The van der Waals surface area contributed by atoms with Gasteiger partial charge in [-0.1, -0.05) is 20.3 Å². The van der Waals surface area contributed by atoms with Crippen LogP contribution in [-0.4, -0.2) is 23.7 Å². The second kappa shape index (κ2) is 5.67. The van der Waals surface area contributed by atoms with Gasteiger partial charge < -0.3 is 10.4 Å². The van der Waals surface area contributed by atoms with E-state index in [1.807, 2.05) is 0 Å². The highest BCUT2D eigenvalue weighted by Crippen LogP contribution is 2.58. The van der Waals surface area contributed by atoms with Gasteiger partial charge in [0.2, 0.25) is 0 Å². The van der Waals surface area contributed by atoms with Crippen LogP contribution < -0.4 is 5.32 Å². The van der Waals surface area contributed by atoms with Gasteiger partial charge in [0.1, 0.15) is 0 Å². The van der Waals surface area contributed by atoms with Gasteiger partial charge >= 0.3 is 5.97 Å². The van der Waals surface area contributed by atoms with E-state index in [4.69, 9.17) is 0 Å². The van der Waals surface area contributed by atoms with E-state index in [-0.39, 0.29) is 5.92 Å². The van der Waals surface area contributed by atoms with Crippen molar-refractivity contribution in [1.82, 2.24) is 5.32 Å². The van der Waals surface area contributed by atoms with Crippen molar-refractivity contribution in [3.05, 3.63) is 0 Å². The molecule has 0 heterocycles. The van der Waals surface area contributed by atoms with Crippen molar-refractivity contribution in [1.29, 1.82) is 0 Å². The molecule has 2 bridgehead atoms. The molecular weight excluding hydrogens is 250 g/mol. The Morgan fingerprint density at radius 2 is 1.95 bits per heavy atom. The van der Waals surface area contributed by atoms with Gasteiger partial charge in [-0.25, -0.2) is 0 Å². The summed E-state index contributed by atoms with van der Waals surface area (Å²) in [4.78, 5) is 11.3. The third-order valence-corrected chi connectivity index (χ3v) is 6.16. The minimum absolute atomic E-state index is 0.214. The van der Waals surface area contributed by atoms with E-state index >= 15 is 0 Å². The second-order valence-corrected chi connectivity index (χ2v) is 7.83. The first-order chi connectivity index (χ1) is 9.56. The Hall–Kier alpha value is -0.570. The molecule has 3 saturated carbocycles. The molecule has 0 spiro atoms. The Labute approximate surface area is 122 Å². The molecule has 20 heavy (non-hydrogen) atoms. The van der Waals surface area contributed by atoms with Gasteiger partial charge in [-0.05, 0) is 61.7 Å². The van der Waals surface area contributed by atoms with Gasteiger partial charge in [-0.2, -0.15) is 0 Å². The lowest BCUT2D eigenvalue weighted by Crippen LogP contribution is -2.42. The molecule has 3 fully saturated rings. The van der Waals surface area contributed by atoms with Crippen molar-refractivity contribution in [2.75, 3.05) is 6.54 Å². The largest absolute Gasteiger partial charge is 0.481 e. The van der Waals surface area contributed by atoms with Crippen molar-refractivity contribution >= 4 is 5.97 Å². The summed E-state index contributed by atoms with van der Waals surface area (Å²) in [7, 11) is 0. The molecular formula is C17H29NO2. The topological polar surface area (TPSA) is 49.3 Å². The summed E-state index contributed by atoms with van der Waals surface area (Å²) in [6, 6.07) is 0.605. The predicted molar refractivity (Wildman–Crippen MR) is 79.4 cm³/mol. The summed E-state index contributed by atoms with van der Waals surface area (Å²) in [6.07, 6.45) is 7.83. The van der Waals surface area contributed by atoms with Crippen molar-refractivity contribution in [3.8, 4) is 0 Å². The molecule has 3 aliphatic rings. The Morgan fingerprint density at radius 3 is 2.65 bits per heavy atom. The minimum atomic E-state index is -0.631. The van der Waals surface area contributed by atoms with Crippen LogP contribution in [0.1, 0.15) is 52.4 Å². The van der Waals surface area contributed by atoms with Crippen LogP contribution in [0, 0.1) is 35.5 Å². The van der Waals surface area contributed by atoms with Gasteiger partial charge in [0.25, 0.3) is 0 Å². The van der Waals surface area contributed by atoms with Gasteiger partial charge in [-0.15, -0.1) is 0 Å². The SMILES string of the molecule is CC(C)C[C@H](CN[C@@H]1C[C@H]2C[C@H]1[C@H]1CCC[C@H]21)C(=O)O. The normalized spacial score (nSPS) is 40.2. The third kappa shape index (κ3) is 2.61. The Morgan fingerprint density at radius 1 is 1.20 bits per heavy atom. The fourth-order valence-electron chi connectivity index (χ4n) is 5.44. The van der Waals surface area contributed by atoms with Crippen LogP contribution in [0.4, 0.5) is 0 Å². The van der Waals surface area contributed by atoms with Gasteiger partial charge in [0, 0.05) is 12.6 Å². The Bertz CT molecular complexity index is 368. The van der Waals surface area contributed by atoms with Crippen LogP contribution in [-0.2, 0) is 4.79 Å². The number of carboxylic acid groups (broad SMARTS) is 1. The van der Waals surface area contributed by atoms with Crippen LogP contribution in [0.15, 0.2) is 0 Å². The minimum Gasteiger partial charge on any atom is -0.481 e. The van der Waals surface area contributed by atoms with Crippen molar-refractivity contribution < 1.29 is 9.90 Å². The maximum absolute atomic E-state index is 11.3. The van der Waals surface area contributed by atoms with Crippen LogP contribution in [0.5, 0.6) is 0 Å². The highest BCUT2D eigenvalue weighted by Gasteiger charge is 2.53.